The lowest BCUT2D eigenvalue weighted by Crippen LogP contribution is -2.30. The Hall–Kier alpha value is -1.95. The molecule has 0 aliphatic carbocycles. The van der Waals surface area contributed by atoms with Gasteiger partial charge < -0.3 is 14.9 Å². The van der Waals surface area contributed by atoms with Crippen LogP contribution in [-0.4, -0.2) is 37.6 Å². The van der Waals surface area contributed by atoms with Crippen molar-refractivity contribution in [3.63, 3.8) is 0 Å². The molecule has 1 rings (SSSR count). The predicted molar refractivity (Wildman–Crippen MR) is 153 cm³/mol. The summed E-state index contributed by atoms with van der Waals surface area (Å²) in [7, 11) is 2.14. The summed E-state index contributed by atoms with van der Waals surface area (Å²) < 4.78 is 2.27. The highest BCUT2D eigenvalue weighted by atomic mass is 32.2. The van der Waals surface area contributed by atoms with Crippen LogP contribution in [-0.2, 0) is 16.0 Å². The molecule has 0 bridgehead atoms. The summed E-state index contributed by atoms with van der Waals surface area (Å²) in [5.74, 6) is 2.48. The number of carbonyl (C=O) groups excluding carboxylic acids is 2. The van der Waals surface area contributed by atoms with Gasteiger partial charge in [0.2, 0.25) is 5.91 Å². The van der Waals surface area contributed by atoms with Crippen molar-refractivity contribution < 1.29 is 9.59 Å². The molecule has 1 amide bonds. The number of Topliss-reactive ketones (excluding diaryl/α,β-unsaturated/α-hetero) is 1. The molecule has 1 atom stereocenters. The summed E-state index contributed by atoms with van der Waals surface area (Å²) in [6, 6.07) is 8.94. The van der Waals surface area contributed by atoms with E-state index in [1.54, 1.807) is 0 Å². The van der Waals surface area contributed by atoms with E-state index in [1.165, 1.54) is 23.2 Å². The van der Waals surface area contributed by atoms with Gasteiger partial charge in [0.1, 0.15) is 5.78 Å². The molecule has 198 valence electrons. The fourth-order valence-electron chi connectivity index (χ4n) is 3.48. The molecule has 6 heteroatoms. The van der Waals surface area contributed by atoms with E-state index in [0.717, 1.165) is 30.9 Å². The maximum atomic E-state index is 11.9. The number of ketones is 1. The SMILES string of the molecule is CCC(C)/C(=C\NCCNC(=O)CCC(=O)C(C)C)CCc1ccc(N(C)SCCC(C)C)cc1. The van der Waals surface area contributed by atoms with Crippen LogP contribution in [0.2, 0.25) is 0 Å². The molecule has 0 fully saturated rings. The van der Waals surface area contributed by atoms with Gasteiger partial charge in [-0.25, -0.2) is 0 Å². The molecular formula is C29H49N3O2S. The van der Waals surface area contributed by atoms with Crippen molar-refractivity contribution in [1.82, 2.24) is 10.6 Å². The van der Waals surface area contributed by atoms with Crippen LogP contribution in [0.5, 0.6) is 0 Å². The van der Waals surface area contributed by atoms with E-state index in [2.05, 4.69) is 80.1 Å². The molecule has 5 nitrogen and oxygen atoms in total. The largest absolute Gasteiger partial charge is 0.389 e. The van der Waals surface area contributed by atoms with Crippen molar-refractivity contribution >= 4 is 29.3 Å². The number of anilines is 1. The van der Waals surface area contributed by atoms with Gasteiger partial charge in [0.15, 0.2) is 0 Å². The second-order valence-corrected chi connectivity index (χ2v) is 11.3. The summed E-state index contributed by atoms with van der Waals surface area (Å²) in [5.41, 5.74) is 4.01. The Morgan fingerprint density at radius 1 is 1.00 bits per heavy atom. The molecular weight excluding hydrogens is 454 g/mol. The molecule has 0 aliphatic rings. The fourth-order valence-corrected chi connectivity index (χ4v) is 4.60. The average molecular weight is 504 g/mol. The quantitative estimate of drug-likeness (QED) is 0.179. The first-order valence-corrected chi connectivity index (χ1v) is 14.3. The van der Waals surface area contributed by atoms with Crippen molar-refractivity contribution in [1.29, 1.82) is 0 Å². The van der Waals surface area contributed by atoms with E-state index in [0.29, 0.717) is 25.4 Å². The number of rotatable bonds is 18. The minimum Gasteiger partial charge on any atom is -0.389 e. The molecule has 1 aromatic rings. The lowest BCUT2D eigenvalue weighted by atomic mass is 9.93. The normalized spacial score (nSPS) is 12.7. The number of benzene rings is 1. The number of amides is 1. The van der Waals surface area contributed by atoms with E-state index in [9.17, 15) is 9.59 Å². The van der Waals surface area contributed by atoms with Crippen LogP contribution in [0.15, 0.2) is 36.0 Å². The van der Waals surface area contributed by atoms with Crippen LogP contribution in [0.3, 0.4) is 0 Å². The van der Waals surface area contributed by atoms with Crippen LogP contribution in [0.4, 0.5) is 5.69 Å². The van der Waals surface area contributed by atoms with Gasteiger partial charge in [0, 0.05) is 50.3 Å². The van der Waals surface area contributed by atoms with E-state index in [1.807, 2.05) is 25.8 Å². The van der Waals surface area contributed by atoms with E-state index < -0.39 is 0 Å². The van der Waals surface area contributed by atoms with E-state index in [4.69, 9.17) is 0 Å². The highest BCUT2D eigenvalue weighted by Gasteiger charge is 2.10. The zero-order valence-electron chi connectivity index (χ0n) is 23.2. The number of aryl methyl sites for hydroxylation is 1. The lowest BCUT2D eigenvalue weighted by Gasteiger charge is -2.19. The van der Waals surface area contributed by atoms with Crippen molar-refractivity contribution in [2.45, 2.75) is 80.1 Å². The first-order valence-electron chi connectivity index (χ1n) is 13.3. The Balaban J connectivity index is 2.45. The molecule has 1 aromatic carbocycles. The molecule has 0 heterocycles. The first kappa shape index (κ1) is 31.1. The van der Waals surface area contributed by atoms with Gasteiger partial charge in [0.25, 0.3) is 0 Å². The van der Waals surface area contributed by atoms with Crippen molar-refractivity contribution in [3.8, 4) is 0 Å². The number of carbonyl (C=O) groups is 2. The molecule has 0 radical (unpaired) electrons. The van der Waals surface area contributed by atoms with Gasteiger partial charge in [-0.2, -0.15) is 0 Å². The molecule has 35 heavy (non-hydrogen) atoms. The van der Waals surface area contributed by atoms with E-state index >= 15 is 0 Å². The average Bonchev–Trinajstić information content (AvgIpc) is 2.83. The standard InChI is InChI=1S/C29H49N3O2S/c1-8-24(6)26(21-30-18-19-31-29(34)16-15-28(33)23(4)5)12-9-25-10-13-27(14-11-25)32(7)35-20-17-22(2)3/h10-11,13-14,21-24,30H,8-9,12,15-20H2,1-7H3,(H,31,34)/b26-21-. The lowest BCUT2D eigenvalue weighted by molar-refractivity contribution is -0.126. The molecule has 0 saturated heterocycles. The molecule has 0 saturated carbocycles. The third-order valence-corrected chi connectivity index (χ3v) is 7.37. The van der Waals surface area contributed by atoms with Crippen molar-refractivity contribution in [3.05, 3.63) is 41.6 Å². The number of hydrogen-bond acceptors (Lipinski definition) is 5. The Labute approximate surface area is 219 Å². The molecule has 0 aliphatic heterocycles. The number of allylic oxidation sites excluding steroid dienone is 1. The molecule has 0 spiro atoms. The van der Waals surface area contributed by atoms with Gasteiger partial charge in [-0.05, 0) is 61.4 Å². The van der Waals surface area contributed by atoms with Crippen LogP contribution in [0, 0.1) is 17.8 Å². The molecule has 2 N–H and O–H groups in total. The van der Waals surface area contributed by atoms with Crippen molar-refractivity contribution in [2.24, 2.45) is 17.8 Å². The number of hydrogen-bond donors (Lipinski definition) is 2. The number of nitrogens with zero attached hydrogens (tertiary/aromatic N) is 1. The second kappa shape index (κ2) is 17.5. The molecule has 0 aromatic heterocycles. The Morgan fingerprint density at radius 3 is 2.29 bits per heavy atom. The van der Waals surface area contributed by atoms with Gasteiger partial charge in [-0.3, -0.25) is 9.59 Å². The summed E-state index contributed by atoms with van der Waals surface area (Å²) in [6.07, 6.45) is 7.10. The monoisotopic (exact) mass is 503 g/mol. The maximum absolute atomic E-state index is 11.9. The first-order chi connectivity index (χ1) is 16.6. The highest BCUT2D eigenvalue weighted by Crippen LogP contribution is 2.24. The summed E-state index contributed by atoms with van der Waals surface area (Å²) >= 11 is 1.88. The summed E-state index contributed by atoms with van der Waals surface area (Å²) in [5, 5.41) is 6.27. The van der Waals surface area contributed by atoms with Gasteiger partial charge >= 0.3 is 0 Å². The Kier molecular flexibility index (Phi) is 15.5. The zero-order chi connectivity index (χ0) is 26.2. The zero-order valence-corrected chi connectivity index (χ0v) is 24.0. The topological polar surface area (TPSA) is 61.4 Å². The Morgan fingerprint density at radius 2 is 1.69 bits per heavy atom. The van der Waals surface area contributed by atoms with Gasteiger partial charge in [-0.1, -0.05) is 71.2 Å². The summed E-state index contributed by atoms with van der Waals surface area (Å²) in [4.78, 5) is 23.6. The highest BCUT2D eigenvalue weighted by molar-refractivity contribution is 8.00. The maximum Gasteiger partial charge on any atom is 0.220 e. The summed E-state index contributed by atoms with van der Waals surface area (Å²) in [6.45, 7) is 14.0. The van der Waals surface area contributed by atoms with Crippen molar-refractivity contribution in [2.75, 3.05) is 30.2 Å². The fraction of sp³-hybridized carbons (Fsp3) is 0.655. The van der Waals surface area contributed by atoms with E-state index in [-0.39, 0.29) is 24.0 Å². The van der Waals surface area contributed by atoms with Crippen LogP contribution >= 0.6 is 11.9 Å². The minimum atomic E-state index is -0.0562. The van der Waals surface area contributed by atoms with Crippen LogP contribution in [0.1, 0.15) is 79.2 Å². The predicted octanol–water partition coefficient (Wildman–Crippen LogP) is 6.39. The van der Waals surface area contributed by atoms with Crippen LogP contribution < -0.4 is 14.9 Å². The second-order valence-electron chi connectivity index (χ2n) is 10.1. The Bertz CT molecular complexity index is 775. The van der Waals surface area contributed by atoms with Crippen LogP contribution in [0.25, 0.3) is 0 Å². The third-order valence-electron chi connectivity index (χ3n) is 6.35. The van der Waals surface area contributed by atoms with Gasteiger partial charge in [-0.15, -0.1) is 0 Å². The number of nitrogens with one attached hydrogen (secondary N) is 2. The molecule has 1 unspecified atom stereocenters. The minimum absolute atomic E-state index is 0.00795. The smallest absolute Gasteiger partial charge is 0.220 e. The van der Waals surface area contributed by atoms with Gasteiger partial charge in [0.05, 0.1) is 0 Å². The third kappa shape index (κ3) is 13.6.